The molecule has 0 spiro atoms. The molecule has 96 valence electrons. The standard InChI is InChI=1S/C13H15FN2OS/c1-8-9(2)17-13(16-8)18-7-11-5-12(14)4-3-10(11)6-15/h3-5H,6-7,15H2,1-2H3. The molecule has 1 heterocycles. The van der Waals surface area contributed by atoms with Crippen LogP contribution < -0.4 is 5.73 Å². The Balaban J connectivity index is 2.12. The van der Waals surface area contributed by atoms with Crippen LogP contribution in [0.25, 0.3) is 0 Å². The molecule has 0 unspecified atom stereocenters. The van der Waals surface area contributed by atoms with Crippen LogP contribution in [-0.4, -0.2) is 4.98 Å². The number of oxazole rings is 1. The molecule has 0 amide bonds. The van der Waals surface area contributed by atoms with Gasteiger partial charge in [0, 0.05) is 12.3 Å². The highest BCUT2D eigenvalue weighted by molar-refractivity contribution is 7.98. The summed E-state index contributed by atoms with van der Waals surface area (Å²) in [5.41, 5.74) is 8.35. The molecular weight excluding hydrogens is 251 g/mol. The van der Waals surface area contributed by atoms with Crippen molar-refractivity contribution in [3.8, 4) is 0 Å². The molecule has 0 saturated carbocycles. The van der Waals surface area contributed by atoms with Crippen LogP contribution in [0, 0.1) is 19.7 Å². The van der Waals surface area contributed by atoms with E-state index in [0.717, 1.165) is 22.6 Å². The second-order valence-corrected chi connectivity index (χ2v) is 4.95. The molecule has 1 aromatic carbocycles. The SMILES string of the molecule is Cc1nc(SCc2cc(F)ccc2CN)oc1C. The molecule has 0 radical (unpaired) electrons. The van der Waals surface area contributed by atoms with Crippen LogP contribution in [0.2, 0.25) is 0 Å². The molecule has 0 saturated heterocycles. The molecule has 0 aliphatic heterocycles. The second-order valence-electron chi connectivity index (χ2n) is 4.03. The molecule has 5 heteroatoms. The highest BCUT2D eigenvalue weighted by Gasteiger charge is 2.09. The zero-order valence-corrected chi connectivity index (χ0v) is 11.2. The first-order valence-corrected chi connectivity index (χ1v) is 6.63. The Hall–Kier alpha value is -1.33. The lowest BCUT2D eigenvalue weighted by molar-refractivity contribution is 0.431. The van der Waals surface area contributed by atoms with E-state index in [2.05, 4.69) is 4.98 Å². The van der Waals surface area contributed by atoms with Crippen molar-refractivity contribution in [2.24, 2.45) is 5.73 Å². The summed E-state index contributed by atoms with van der Waals surface area (Å²) in [6.07, 6.45) is 0. The normalized spacial score (nSPS) is 10.9. The topological polar surface area (TPSA) is 52.0 Å². The molecule has 0 aliphatic rings. The van der Waals surface area contributed by atoms with Crippen LogP contribution in [-0.2, 0) is 12.3 Å². The maximum absolute atomic E-state index is 13.2. The number of aryl methyl sites for hydroxylation is 2. The summed E-state index contributed by atoms with van der Waals surface area (Å²) in [6, 6.07) is 4.66. The van der Waals surface area contributed by atoms with Gasteiger partial charge in [-0.3, -0.25) is 0 Å². The van der Waals surface area contributed by atoms with Gasteiger partial charge in [0.2, 0.25) is 0 Å². The van der Waals surface area contributed by atoms with Crippen molar-refractivity contribution < 1.29 is 8.81 Å². The molecule has 2 rings (SSSR count). The number of nitrogens with zero attached hydrogens (tertiary/aromatic N) is 1. The van der Waals surface area contributed by atoms with Gasteiger partial charge in [0.1, 0.15) is 11.6 Å². The average molecular weight is 266 g/mol. The summed E-state index contributed by atoms with van der Waals surface area (Å²) in [5.74, 6) is 1.17. The van der Waals surface area contributed by atoms with Gasteiger partial charge in [-0.15, -0.1) is 0 Å². The maximum Gasteiger partial charge on any atom is 0.256 e. The molecule has 2 N–H and O–H groups in total. The summed E-state index contributed by atoms with van der Waals surface area (Å²) in [6.45, 7) is 4.18. The summed E-state index contributed by atoms with van der Waals surface area (Å²) in [4.78, 5) is 4.27. The van der Waals surface area contributed by atoms with Crippen molar-refractivity contribution in [1.29, 1.82) is 0 Å². The van der Waals surface area contributed by atoms with Crippen molar-refractivity contribution in [3.05, 3.63) is 46.6 Å². The number of halogens is 1. The van der Waals surface area contributed by atoms with E-state index in [4.69, 9.17) is 10.2 Å². The number of nitrogens with two attached hydrogens (primary N) is 1. The molecule has 0 aliphatic carbocycles. The van der Waals surface area contributed by atoms with E-state index in [0.29, 0.717) is 17.5 Å². The minimum Gasteiger partial charge on any atom is -0.437 e. The van der Waals surface area contributed by atoms with Crippen molar-refractivity contribution >= 4 is 11.8 Å². The number of hydrogen-bond donors (Lipinski definition) is 1. The Morgan fingerprint density at radius 2 is 2.11 bits per heavy atom. The van der Waals surface area contributed by atoms with Gasteiger partial charge in [-0.1, -0.05) is 17.8 Å². The van der Waals surface area contributed by atoms with Gasteiger partial charge < -0.3 is 10.2 Å². The van der Waals surface area contributed by atoms with Crippen LogP contribution in [0.5, 0.6) is 0 Å². The predicted octanol–water partition coefficient (Wildman–Crippen LogP) is 3.18. The lowest BCUT2D eigenvalue weighted by atomic mass is 10.1. The third-order valence-corrected chi connectivity index (χ3v) is 3.63. The molecule has 2 aromatic rings. The average Bonchev–Trinajstić information content (AvgIpc) is 2.66. The van der Waals surface area contributed by atoms with Gasteiger partial charge in [-0.2, -0.15) is 0 Å². The Kier molecular flexibility index (Phi) is 4.04. The Labute approximate surface area is 110 Å². The number of aromatic nitrogens is 1. The third kappa shape index (κ3) is 2.91. The van der Waals surface area contributed by atoms with E-state index in [1.807, 2.05) is 13.8 Å². The zero-order valence-electron chi connectivity index (χ0n) is 10.4. The molecular formula is C13H15FN2OS. The minimum absolute atomic E-state index is 0.248. The first kappa shape index (κ1) is 13.1. The number of thioether (sulfide) groups is 1. The fraction of sp³-hybridized carbons (Fsp3) is 0.308. The molecule has 18 heavy (non-hydrogen) atoms. The Bertz CT molecular complexity index is 534. The second kappa shape index (κ2) is 5.54. The quantitative estimate of drug-likeness (QED) is 0.863. The fourth-order valence-electron chi connectivity index (χ4n) is 1.57. The van der Waals surface area contributed by atoms with Crippen LogP contribution in [0.1, 0.15) is 22.6 Å². The smallest absolute Gasteiger partial charge is 0.256 e. The van der Waals surface area contributed by atoms with Gasteiger partial charge in [0.05, 0.1) is 5.69 Å². The lowest BCUT2D eigenvalue weighted by Gasteiger charge is -2.06. The van der Waals surface area contributed by atoms with Crippen molar-refractivity contribution in [2.45, 2.75) is 31.4 Å². The predicted molar refractivity (Wildman–Crippen MR) is 69.8 cm³/mol. The lowest BCUT2D eigenvalue weighted by Crippen LogP contribution is -2.01. The Morgan fingerprint density at radius 3 is 2.72 bits per heavy atom. The summed E-state index contributed by atoms with van der Waals surface area (Å²) < 4.78 is 18.7. The van der Waals surface area contributed by atoms with Gasteiger partial charge in [0.25, 0.3) is 5.22 Å². The van der Waals surface area contributed by atoms with Gasteiger partial charge >= 0.3 is 0 Å². The van der Waals surface area contributed by atoms with Crippen molar-refractivity contribution in [3.63, 3.8) is 0 Å². The molecule has 0 bridgehead atoms. The summed E-state index contributed by atoms with van der Waals surface area (Å²) >= 11 is 1.45. The first-order chi connectivity index (χ1) is 8.60. The third-order valence-electron chi connectivity index (χ3n) is 2.75. The van der Waals surface area contributed by atoms with Crippen molar-refractivity contribution in [2.75, 3.05) is 0 Å². The number of benzene rings is 1. The van der Waals surface area contributed by atoms with Crippen LogP contribution in [0.4, 0.5) is 4.39 Å². The van der Waals surface area contributed by atoms with Crippen LogP contribution in [0.15, 0.2) is 27.8 Å². The van der Waals surface area contributed by atoms with E-state index in [-0.39, 0.29) is 5.82 Å². The highest BCUT2D eigenvalue weighted by Crippen LogP contribution is 2.25. The van der Waals surface area contributed by atoms with E-state index in [1.165, 1.54) is 23.9 Å². The minimum atomic E-state index is -0.248. The summed E-state index contributed by atoms with van der Waals surface area (Å²) in [5, 5.41) is 0.609. The highest BCUT2D eigenvalue weighted by atomic mass is 32.2. The largest absolute Gasteiger partial charge is 0.437 e. The summed E-state index contributed by atoms with van der Waals surface area (Å²) in [7, 11) is 0. The van der Waals surface area contributed by atoms with E-state index in [9.17, 15) is 4.39 Å². The molecule has 1 aromatic heterocycles. The molecule has 0 atom stereocenters. The van der Waals surface area contributed by atoms with Crippen LogP contribution in [0.3, 0.4) is 0 Å². The molecule has 0 fully saturated rings. The van der Waals surface area contributed by atoms with E-state index >= 15 is 0 Å². The van der Waals surface area contributed by atoms with Gasteiger partial charge in [-0.05, 0) is 37.1 Å². The van der Waals surface area contributed by atoms with Gasteiger partial charge in [0.15, 0.2) is 0 Å². The number of hydrogen-bond acceptors (Lipinski definition) is 4. The van der Waals surface area contributed by atoms with Crippen LogP contribution >= 0.6 is 11.8 Å². The van der Waals surface area contributed by atoms with Crippen molar-refractivity contribution in [1.82, 2.24) is 4.98 Å². The Morgan fingerprint density at radius 1 is 1.33 bits per heavy atom. The number of rotatable bonds is 4. The van der Waals surface area contributed by atoms with Gasteiger partial charge in [-0.25, -0.2) is 9.37 Å². The van der Waals surface area contributed by atoms with E-state index < -0.39 is 0 Å². The zero-order chi connectivity index (χ0) is 13.1. The first-order valence-electron chi connectivity index (χ1n) is 5.64. The molecule has 3 nitrogen and oxygen atoms in total. The monoisotopic (exact) mass is 266 g/mol. The fourth-order valence-corrected chi connectivity index (χ4v) is 2.51. The maximum atomic E-state index is 13.2. The van der Waals surface area contributed by atoms with E-state index in [1.54, 1.807) is 6.07 Å².